The lowest BCUT2D eigenvalue weighted by Crippen LogP contribution is -2.23. The van der Waals surface area contributed by atoms with Crippen LogP contribution in [-0.2, 0) is 4.79 Å². The second-order valence-electron chi connectivity index (χ2n) is 4.79. The number of pyridine rings is 1. The number of hydrogen-bond donors (Lipinski definition) is 1. The second kappa shape index (κ2) is 6.44. The zero-order valence-electron chi connectivity index (χ0n) is 12.1. The summed E-state index contributed by atoms with van der Waals surface area (Å²) in [5.41, 5.74) is 1.31. The van der Waals surface area contributed by atoms with E-state index < -0.39 is 0 Å². The third-order valence-electron chi connectivity index (χ3n) is 3.14. The number of hydrogen-bond acceptors (Lipinski definition) is 5. The molecular formula is C16H12ClN3O2S. The van der Waals surface area contributed by atoms with E-state index in [4.69, 9.17) is 11.6 Å². The highest BCUT2D eigenvalue weighted by Gasteiger charge is 2.30. The van der Waals surface area contributed by atoms with Crippen LogP contribution in [-0.4, -0.2) is 33.1 Å². The van der Waals surface area contributed by atoms with Gasteiger partial charge < -0.3 is 5.11 Å². The molecule has 1 amide bonds. The zero-order valence-corrected chi connectivity index (χ0v) is 13.7. The lowest BCUT2D eigenvalue weighted by atomic mass is 10.2. The summed E-state index contributed by atoms with van der Waals surface area (Å²) in [6.45, 7) is 0. The number of phenolic OH excluding ortho intramolecular Hbond substituents is 1. The van der Waals surface area contributed by atoms with Crippen LogP contribution in [0, 0.1) is 0 Å². The van der Waals surface area contributed by atoms with Crippen LogP contribution in [0.25, 0.3) is 6.08 Å². The van der Waals surface area contributed by atoms with Gasteiger partial charge in [-0.1, -0.05) is 23.7 Å². The van der Waals surface area contributed by atoms with E-state index in [-0.39, 0.29) is 11.7 Å². The molecule has 0 aliphatic carbocycles. The molecule has 5 nitrogen and oxygen atoms in total. The molecule has 1 aromatic carbocycles. The lowest BCUT2D eigenvalue weighted by molar-refractivity contribution is -0.121. The number of benzene rings is 1. The Morgan fingerprint density at radius 1 is 1.39 bits per heavy atom. The molecule has 0 saturated carbocycles. The summed E-state index contributed by atoms with van der Waals surface area (Å²) in [6, 6.07) is 8.40. The molecule has 1 N–H and O–H groups in total. The van der Waals surface area contributed by atoms with Crippen molar-refractivity contribution in [3.8, 4) is 5.75 Å². The van der Waals surface area contributed by atoms with Gasteiger partial charge in [-0.2, -0.15) is 0 Å². The maximum atomic E-state index is 12.3. The van der Waals surface area contributed by atoms with Gasteiger partial charge in [-0.15, -0.1) is 0 Å². The molecule has 1 saturated heterocycles. The highest BCUT2D eigenvalue weighted by molar-refractivity contribution is 8.18. The number of amides is 1. The minimum atomic E-state index is -0.151. The highest BCUT2D eigenvalue weighted by atomic mass is 35.5. The summed E-state index contributed by atoms with van der Waals surface area (Å²) in [4.78, 5) is 22.7. The lowest BCUT2D eigenvalue weighted by Gasteiger charge is -2.07. The highest BCUT2D eigenvalue weighted by Crippen LogP contribution is 2.34. The Hall–Kier alpha value is -2.31. The number of aromatic nitrogens is 1. The third kappa shape index (κ3) is 3.38. The number of nitrogens with zero attached hydrogens (tertiary/aromatic N) is 3. The number of carbonyl (C=O) groups excluding carboxylic acids is 1. The molecule has 23 heavy (non-hydrogen) atoms. The van der Waals surface area contributed by atoms with E-state index >= 15 is 0 Å². The fourth-order valence-corrected chi connectivity index (χ4v) is 3.12. The molecule has 1 aliphatic heterocycles. The van der Waals surface area contributed by atoms with Crippen LogP contribution in [0.1, 0.15) is 5.56 Å². The first-order valence-electron chi connectivity index (χ1n) is 6.69. The van der Waals surface area contributed by atoms with Crippen molar-refractivity contribution in [2.24, 2.45) is 4.99 Å². The second-order valence-corrected chi connectivity index (χ2v) is 6.21. The Bertz CT molecular complexity index is 836. The van der Waals surface area contributed by atoms with Crippen molar-refractivity contribution in [3.63, 3.8) is 0 Å². The molecule has 0 unspecified atom stereocenters. The van der Waals surface area contributed by atoms with Gasteiger partial charge in [-0.25, -0.2) is 4.99 Å². The molecule has 2 aromatic rings. The van der Waals surface area contributed by atoms with Crippen LogP contribution in [0.15, 0.2) is 52.6 Å². The standard InChI is InChI=1S/C16H12ClN3O2S/c1-20-15(22)14(8-10-3-2-4-11(21)7-10)23-16(20)19-13-5-6-18-9-12(13)17/h2-9,21H,1H3/b14-8-,19-16?. The van der Waals surface area contributed by atoms with Gasteiger partial charge in [0.25, 0.3) is 5.91 Å². The van der Waals surface area contributed by atoms with Gasteiger partial charge in [-0.05, 0) is 41.6 Å². The van der Waals surface area contributed by atoms with Gasteiger partial charge in [-0.3, -0.25) is 14.7 Å². The first-order valence-corrected chi connectivity index (χ1v) is 7.89. The number of halogens is 1. The van der Waals surface area contributed by atoms with Crippen molar-refractivity contribution < 1.29 is 9.90 Å². The van der Waals surface area contributed by atoms with Crippen molar-refractivity contribution in [3.05, 3.63) is 58.2 Å². The van der Waals surface area contributed by atoms with Gasteiger partial charge in [0.1, 0.15) is 5.75 Å². The number of carbonyl (C=O) groups is 1. The van der Waals surface area contributed by atoms with Gasteiger partial charge in [0.05, 0.1) is 15.6 Å². The fourth-order valence-electron chi connectivity index (χ4n) is 1.98. The van der Waals surface area contributed by atoms with Crippen LogP contribution in [0.3, 0.4) is 0 Å². The molecule has 116 valence electrons. The van der Waals surface area contributed by atoms with E-state index in [1.165, 1.54) is 22.9 Å². The monoisotopic (exact) mass is 345 g/mol. The first kappa shape index (κ1) is 15.6. The summed E-state index contributed by atoms with van der Waals surface area (Å²) >= 11 is 7.30. The number of thioether (sulfide) groups is 1. The molecule has 2 heterocycles. The number of aromatic hydroxyl groups is 1. The Morgan fingerprint density at radius 3 is 2.96 bits per heavy atom. The molecule has 7 heteroatoms. The normalized spacial score (nSPS) is 18.2. The van der Waals surface area contributed by atoms with Gasteiger partial charge in [0, 0.05) is 19.4 Å². The predicted octanol–water partition coefficient (Wildman–Crippen LogP) is 3.67. The van der Waals surface area contributed by atoms with Crippen molar-refractivity contribution in [1.29, 1.82) is 0 Å². The largest absolute Gasteiger partial charge is 0.508 e. The van der Waals surface area contributed by atoms with E-state index in [2.05, 4.69) is 9.98 Å². The summed E-state index contributed by atoms with van der Waals surface area (Å²) in [5.74, 6) is 0.00267. The van der Waals surface area contributed by atoms with E-state index in [0.717, 1.165) is 5.56 Å². The minimum absolute atomic E-state index is 0.151. The Kier molecular flexibility index (Phi) is 4.36. The predicted molar refractivity (Wildman–Crippen MR) is 92.8 cm³/mol. The molecule has 1 aliphatic rings. The molecule has 3 rings (SSSR count). The number of likely N-dealkylation sites (N-methyl/N-ethyl adjacent to an activating group) is 1. The van der Waals surface area contributed by atoms with Crippen molar-refractivity contribution in [2.75, 3.05) is 7.05 Å². The maximum Gasteiger partial charge on any atom is 0.266 e. The summed E-state index contributed by atoms with van der Waals surface area (Å²) in [7, 11) is 1.66. The van der Waals surface area contributed by atoms with Crippen molar-refractivity contribution in [2.45, 2.75) is 0 Å². The first-order chi connectivity index (χ1) is 11.0. The SMILES string of the molecule is CN1C(=O)/C(=C/c2cccc(O)c2)SC1=Nc1ccncc1Cl. The maximum absolute atomic E-state index is 12.3. The molecule has 0 bridgehead atoms. The summed E-state index contributed by atoms with van der Waals surface area (Å²) < 4.78 is 0. The van der Waals surface area contributed by atoms with Crippen LogP contribution >= 0.6 is 23.4 Å². The van der Waals surface area contributed by atoms with E-state index in [9.17, 15) is 9.90 Å². The summed E-state index contributed by atoms with van der Waals surface area (Å²) in [6.07, 6.45) is 4.82. The van der Waals surface area contributed by atoms with Crippen molar-refractivity contribution >= 4 is 46.2 Å². The van der Waals surface area contributed by atoms with Crippen LogP contribution in [0.4, 0.5) is 5.69 Å². The van der Waals surface area contributed by atoms with Crippen LogP contribution in [0.5, 0.6) is 5.75 Å². The van der Waals surface area contributed by atoms with Crippen LogP contribution < -0.4 is 0 Å². The molecular weight excluding hydrogens is 334 g/mol. The van der Waals surface area contributed by atoms with Gasteiger partial charge in [0.2, 0.25) is 0 Å². The number of rotatable bonds is 2. The van der Waals surface area contributed by atoms with Gasteiger partial charge >= 0.3 is 0 Å². The average molecular weight is 346 g/mol. The molecule has 0 spiro atoms. The van der Waals surface area contributed by atoms with Crippen molar-refractivity contribution in [1.82, 2.24) is 9.88 Å². The molecule has 0 atom stereocenters. The fraction of sp³-hybridized carbons (Fsp3) is 0.0625. The third-order valence-corrected chi connectivity index (χ3v) is 4.49. The van der Waals surface area contributed by atoms with Gasteiger partial charge in [0.15, 0.2) is 5.17 Å². The number of aliphatic imine (C=N–C) groups is 1. The number of phenols is 1. The minimum Gasteiger partial charge on any atom is -0.508 e. The Labute approximate surface area is 142 Å². The van der Waals surface area contributed by atoms with E-state index in [0.29, 0.717) is 20.8 Å². The average Bonchev–Trinajstić information content (AvgIpc) is 2.78. The quantitative estimate of drug-likeness (QED) is 0.843. The smallest absolute Gasteiger partial charge is 0.266 e. The molecule has 0 radical (unpaired) electrons. The summed E-state index contributed by atoms with van der Waals surface area (Å²) in [5, 5.41) is 10.5. The zero-order chi connectivity index (χ0) is 16.4. The number of amidine groups is 1. The molecule has 1 aromatic heterocycles. The Balaban J connectivity index is 1.93. The van der Waals surface area contributed by atoms with Crippen LogP contribution in [0.2, 0.25) is 5.02 Å². The topological polar surface area (TPSA) is 65.8 Å². The van der Waals surface area contributed by atoms with E-state index in [1.54, 1.807) is 43.6 Å². The Morgan fingerprint density at radius 2 is 2.22 bits per heavy atom. The molecule has 1 fully saturated rings. The van der Waals surface area contributed by atoms with E-state index in [1.807, 2.05) is 6.07 Å².